The number of hydrogen-bond acceptors (Lipinski definition) is 4. The molecule has 2 rings (SSSR count). The fraction of sp³-hybridized carbons (Fsp3) is 0. The number of benzene rings is 2. The first-order valence-electron chi connectivity index (χ1n) is 5.54. The van der Waals surface area contributed by atoms with E-state index in [1.54, 1.807) is 0 Å². The van der Waals surface area contributed by atoms with E-state index in [4.69, 9.17) is 9.81 Å². The molecule has 2 aromatic rings. The zero-order valence-electron chi connectivity index (χ0n) is 10.1. The number of nitrogens with zero attached hydrogens (tertiary/aromatic N) is 1. The van der Waals surface area contributed by atoms with Gasteiger partial charge in [0.05, 0.1) is 16.5 Å². The lowest BCUT2D eigenvalue weighted by atomic mass is 10.0. The third kappa shape index (κ3) is 2.91. The standard InChI is InChI=1S/C14H9NO4S/c15-9-10-1-3-11(4-2-10)14(16)12-5-7-13(8-6-12)20(17,18)19/h1-8H,(H,17,18,19). The lowest BCUT2D eigenvalue weighted by Gasteiger charge is -2.02. The molecule has 100 valence electrons. The van der Waals surface area contributed by atoms with Gasteiger partial charge in [0.25, 0.3) is 10.1 Å². The number of carbonyl (C=O) groups excluding carboxylic acids is 1. The summed E-state index contributed by atoms with van der Waals surface area (Å²) in [6.07, 6.45) is 0. The van der Waals surface area contributed by atoms with E-state index in [0.717, 1.165) is 12.1 Å². The number of hydrogen-bond donors (Lipinski definition) is 1. The minimum Gasteiger partial charge on any atom is -0.289 e. The number of ketones is 1. The highest BCUT2D eigenvalue weighted by molar-refractivity contribution is 7.85. The van der Waals surface area contributed by atoms with Crippen molar-refractivity contribution in [2.24, 2.45) is 0 Å². The van der Waals surface area contributed by atoms with Crippen LogP contribution in [0.4, 0.5) is 0 Å². The summed E-state index contributed by atoms with van der Waals surface area (Å²) in [4.78, 5) is 11.8. The highest BCUT2D eigenvalue weighted by Crippen LogP contribution is 2.14. The second-order valence-corrected chi connectivity index (χ2v) is 5.44. The summed E-state index contributed by atoms with van der Waals surface area (Å²) in [7, 11) is -4.27. The first kappa shape index (κ1) is 13.9. The van der Waals surface area contributed by atoms with Crippen LogP contribution in [0.2, 0.25) is 0 Å². The zero-order chi connectivity index (χ0) is 14.8. The first-order valence-corrected chi connectivity index (χ1v) is 6.98. The van der Waals surface area contributed by atoms with Crippen molar-refractivity contribution in [1.29, 1.82) is 5.26 Å². The van der Waals surface area contributed by atoms with Gasteiger partial charge in [-0.05, 0) is 48.5 Å². The van der Waals surface area contributed by atoms with Gasteiger partial charge in [0.15, 0.2) is 5.78 Å². The van der Waals surface area contributed by atoms with E-state index < -0.39 is 10.1 Å². The maximum absolute atomic E-state index is 12.1. The first-order chi connectivity index (χ1) is 9.41. The van der Waals surface area contributed by atoms with E-state index in [0.29, 0.717) is 16.7 Å². The van der Waals surface area contributed by atoms with Crippen molar-refractivity contribution in [3.05, 3.63) is 65.2 Å². The van der Waals surface area contributed by atoms with E-state index in [-0.39, 0.29) is 10.7 Å². The smallest absolute Gasteiger partial charge is 0.289 e. The van der Waals surface area contributed by atoms with Crippen molar-refractivity contribution >= 4 is 15.9 Å². The van der Waals surface area contributed by atoms with Crippen LogP contribution in [0.5, 0.6) is 0 Å². The molecule has 0 aliphatic heterocycles. The molecule has 0 amide bonds. The average Bonchev–Trinajstić information content (AvgIpc) is 2.46. The Morgan fingerprint density at radius 3 is 1.80 bits per heavy atom. The van der Waals surface area contributed by atoms with Crippen LogP contribution < -0.4 is 0 Å². The topological polar surface area (TPSA) is 95.2 Å². The molecule has 0 aromatic heterocycles. The Hall–Kier alpha value is -2.49. The quantitative estimate of drug-likeness (QED) is 0.688. The SMILES string of the molecule is N#Cc1ccc(C(=O)c2ccc(S(=O)(=O)O)cc2)cc1. The van der Waals surface area contributed by atoms with Crippen molar-refractivity contribution in [2.75, 3.05) is 0 Å². The summed E-state index contributed by atoms with van der Waals surface area (Å²) in [6.45, 7) is 0. The largest absolute Gasteiger partial charge is 0.294 e. The normalized spacial score (nSPS) is 10.8. The second-order valence-electron chi connectivity index (χ2n) is 4.02. The molecule has 0 aliphatic carbocycles. The number of rotatable bonds is 3. The lowest BCUT2D eigenvalue weighted by Crippen LogP contribution is -2.03. The molecular formula is C14H9NO4S. The Morgan fingerprint density at radius 1 is 0.950 bits per heavy atom. The highest BCUT2D eigenvalue weighted by Gasteiger charge is 2.12. The molecule has 2 aromatic carbocycles. The van der Waals surface area contributed by atoms with E-state index in [2.05, 4.69) is 0 Å². The van der Waals surface area contributed by atoms with E-state index in [1.807, 2.05) is 6.07 Å². The maximum Gasteiger partial charge on any atom is 0.294 e. The van der Waals surface area contributed by atoms with Gasteiger partial charge >= 0.3 is 0 Å². The molecule has 0 spiro atoms. The Labute approximate surface area is 115 Å². The van der Waals surface area contributed by atoms with Crippen LogP contribution in [-0.2, 0) is 10.1 Å². The lowest BCUT2D eigenvalue weighted by molar-refractivity contribution is 0.103. The van der Waals surface area contributed by atoms with Gasteiger partial charge in [-0.25, -0.2) is 0 Å². The van der Waals surface area contributed by atoms with E-state index in [1.165, 1.54) is 36.4 Å². The van der Waals surface area contributed by atoms with Gasteiger partial charge in [-0.15, -0.1) is 0 Å². The Morgan fingerprint density at radius 2 is 1.40 bits per heavy atom. The molecule has 0 aliphatic rings. The Balaban J connectivity index is 2.31. The van der Waals surface area contributed by atoms with Crippen molar-refractivity contribution in [3.63, 3.8) is 0 Å². The highest BCUT2D eigenvalue weighted by atomic mass is 32.2. The van der Waals surface area contributed by atoms with Crippen molar-refractivity contribution in [2.45, 2.75) is 4.90 Å². The summed E-state index contributed by atoms with van der Waals surface area (Å²) < 4.78 is 30.6. The van der Waals surface area contributed by atoms with Crippen LogP contribution in [0.3, 0.4) is 0 Å². The zero-order valence-corrected chi connectivity index (χ0v) is 11.0. The summed E-state index contributed by atoms with van der Waals surface area (Å²) >= 11 is 0. The average molecular weight is 287 g/mol. The number of nitriles is 1. The van der Waals surface area contributed by atoms with Crippen molar-refractivity contribution in [3.8, 4) is 6.07 Å². The molecule has 0 heterocycles. The van der Waals surface area contributed by atoms with Crippen LogP contribution in [0.1, 0.15) is 21.5 Å². The monoisotopic (exact) mass is 287 g/mol. The van der Waals surface area contributed by atoms with Crippen molar-refractivity contribution in [1.82, 2.24) is 0 Å². The molecule has 0 radical (unpaired) electrons. The Kier molecular flexibility index (Phi) is 3.66. The third-order valence-electron chi connectivity index (χ3n) is 2.69. The molecule has 0 saturated heterocycles. The molecule has 6 heteroatoms. The van der Waals surface area contributed by atoms with Gasteiger partial charge in [0.2, 0.25) is 0 Å². The van der Waals surface area contributed by atoms with E-state index >= 15 is 0 Å². The summed E-state index contributed by atoms with van der Waals surface area (Å²) in [5, 5.41) is 8.68. The van der Waals surface area contributed by atoms with Gasteiger partial charge in [0, 0.05) is 11.1 Å². The fourth-order valence-electron chi connectivity index (χ4n) is 1.64. The molecule has 1 N–H and O–H groups in total. The molecule has 0 fully saturated rings. The van der Waals surface area contributed by atoms with Crippen LogP contribution in [0.15, 0.2) is 53.4 Å². The summed E-state index contributed by atoms with van der Waals surface area (Å²) in [6, 6.07) is 13.0. The van der Waals surface area contributed by atoms with Crippen LogP contribution in [-0.4, -0.2) is 18.8 Å². The minimum absolute atomic E-state index is 0.270. The minimum atomic E-state index is -4.27. The predicted molar refractivity (Wildman–Crippen MR) is 70.8 cm³/mol. The number of carbonyl (C=O) groups is 1. The maximum atomic E-state index is 12.1. The van der Waals surface area contributed by atoms with Crippen LogP contribution in [0.25, 0.3) is 0 Å². The van der Waals surface area contributed by atoms with Gasteiger partial charge in [-0.1, -0.05) is 0 Å². The Bertz CT molecular complexity index is 785. The predicted octanol–water partition coefficient (Wildman–Crippen LogP) is 2.04. The second kappa shape index (κ2) is 5.25. The fourth-order valence-corrected chi connectivity index (χ4v) is 2.12. The molecule has 5 nitrogen and oxygen atoms in total. The third-order valence-corrected chi connectivity index (χ3v) is 3.56. The van der Waals surface area contributed by atoms with Crippen LogP contribution >= 0.6 is 0 Å². The van der Waals surface area contributed by atoms with Gasteiger partial charge < -0.3 is 0 Å². The van der Waals surface area contributed by atoms with Gasteiger partial charge in [-0.2, -0.15) is 13.7 Å². The summed E-state index contributed by atoms with van der Waals surface area (Å²) in [5.74, 6) is -0.295. The molecule has 0 atom stereocenters. The van der Waals surface area contributed by atoms with Crippen LogP contribution in [0, 0.1) is 11.3 Å². The molecule has 0 saturated carbocycles. The van der Waals surface area contributed by atoms with E-state index in [9.17, 15) is 13.2 Å². The van der Waals surface area contributed by atoms with Crippen molar-refractivity contribution < 1.29 is 17.8 Å². The molecule has 0 unspecified atom stereocenters. The molecule has 20 heavy (non-hydrogen) atoms. The van der Waals surface area contributed by atoms with Gasteiger partial charge in [-0.3, -0.25) is 9.35 Å². The summed E-state index contributed by atoms with van der Waals surface area (Å²) in [5.41, 5.74) is 1.13. The molecular weight excluding hydrogens is 278 g/mol. The molecule has 0 bridgehead atoms. The van der Waals surface area contributed by atoms with Gasteiger partial charge in [0.1, 0.15) is 0 Å².